The van der Waals surface area contributed by atoms with Gasteiger partial charge < -0.3 is 5.32 Å². The molecule has 21 heavy (non-hydrogen) atoms. The Bertz CT molecular complexity index is 625. The molecule has 0 aliphatic heterocycles. The molecular formula is C15H15F4NS. The van der Waals surface area contributed by atoms with E-state index in [4.69, 9.17) is 0 Å². The molecule has 1 N–H and O–H groups in total. The molecule has 1 heterocycles. The predicted octanol–water partition coefficient (Wildman–Crippen LogP) is 4.89. The van der Waals surface area contributed by atoms with Gasteiger partial charge in [-0.05, 0) is 25.1 Å². The van der Waals surface area contributed by atoms with Crippen molar-refractivity contribution in [1.82, 2.24) is 5.32 Å². The van der Waals surface area contributed by atoms with Crippen LogP contribution in [0.3, 0.4) is 0 Å². The maximum absolute atomic E-state index is 13.8. The first-order chi connectivity index (χ1) is 9.86. The average Bonchev–Trinajstić information content (AvgIpc) is 2.86. The summed E-state index contributed by atoms with van der Waals surface area (Å²) in [6.45, 7) is 4.01. The highest BCUT2D eigenvalue weighted by Gasteiger charge is 2.23. The van der Waals surface area contributed by atoms with E-state index in [9.17, 15) is 17.6 Å². The number of hydrogen-bond donors (Lipinski definition) is 1. The van der Waals surface area contributed by atoms with E-state index in [-0.39, 0.29) is 22.9 Å². The van der Waals surface area contributed by atoms with Gasteiger partial charge in [0.05, 0.1) is 5.56 Å². The van der Waals surface area contributed by atoms with Gasteiger partial charge in [-0.25, -0.2) is 17.6 Å². The lowest BCUT2D eigenvalue weighted by Gasteiger charge is -2.18. The third-order valence-electron chi connectivity index (χ3n) is 3.27. The van der Waals surface area contributed by atoms with Crippen molar-refractivity contribution in [3.8, 4) is 10.4 Å². The molecule has 1 unspecified atom stereocenters. The zero-order chi connectivity index (χ0) is 15.7. The van der Waals surface area contributed by atoms with Crippen LogP contribution in [0.4, 0.5) is 17.6 Å². The molecule has 6 heteroatoms. The summed E-state index contributed by atoms with van der Waals surface area (Å²) in [5.74, 6) is -5.26. The van der Waals surface area contributed by atoms with E-state index < -0.39 is 28.8 Å². The second kappa shape index (κ2) is 6.15. The zero-order valence-electron chi connectivity index (χ0n) is 11.8. The third kappa shape index (κ3) is 2.96. The monoisotopic (exact) mass is 317 g/mol. The first-order valence-electron chi connectivity index (χ1n) is 6.47. The molecule has 0 bridgehead atoms. The van der Waals surface area contributed by atoms with E-state index in [0.29, 0.717) is 0 Å². The van der Waals surface area contributed by atoms with Crippen LogP contribution in [0.1, 0.15) is 24.8 Å². The second-order valence-electron chi connectivity index (χ2n) is 5.06. The molecule has 0 radical (unpaired) electrons. The number of hydrogen-bond acceptors (Lipinski definition) is 2. The Balaban J connectivity index is 2.52. The Morgan fingerprint density at radius 2 is 1.57 bits per heavy atom. The van der Waals surface area contributed by atoms with E-state index in [1.165, 1.54) is 6.07 Å². The summed E-state index contributed by atoms with van der Waals surface area (Å²) in [6.07, 6.45) is 0. The van der Waals surface area contributed by atoms with Crippen LogP contribution in [0.2, 0.25) is 0 Å². The fourth-order valence-electron chi connectivity index (χ4n) is 2.25. The van der Waals surface area contributed by atoms with Crippen LogP contribution in [0.15, 0.2) is 18.2 Å². The maximum atomic E-state index is 13.8. The van der Waals surface area contributed by atoms with Gasteiger partial charge in [0.25, 0.3) is 0 Å². The lowest BCUT2D eigenvalue weighted by atomic mass is 10.0. The molecule has 2 rings (SSSR count). The Hall–Kier alpha value is -1.40. The van der Waals surface area contributed by atoms with Gasteiger partial charge in [0.2, 0.25) is 0 Å². The van der Waals surface area contributed by atoms with Crippen LogP contribution in [-0.4, -0.2) is 7.05 Å². The minimum absolute atomic E-state index is 0.00767. The highest BCUT2D eigenvalue weighted by molar-refractivity contribution is 7.15. The van der Waals surface area contributed by atoms with Crippen LogP contribution < -0.4 is 5.32 Å². The molecule has 0 spiro atoms. The highest BCUT2D eigenvalue weighted by Crippen LogP contribution is 2.37. The van der Waals surface area contributed by atoms with Crippen molar-refractivity contribution in [3.63, 3.8) is 0 Å². The number of nitrogens with one attached hydrogen (secondary N) is 1. The van der Waals surface area contributed by atoms with Gasteiger partial charge in [-0.1, -0.05) is 13.8 Å². The van der Waals surface area contributed by atoms with Gasteiger partial charge in [0.15, 0.2) is 23.3 Å². The van der Waals surface area contributed by atoms with Crippen molar-refractivity contribution >= 4 is 11.3 Å². The Kier molecular flexibility index (Phi) is 4.68. The zero-order valence-corrected chi connectivity index (χ0v) is 12.6. The molecule has 0 amide bonds. The van der Waals surface area contributed by atoms with E-state index >= 15 is 0 Å². The SMILES string of the molecule is CNC(c1ccc(-c2c(F)c(F)cc(F)c2F)s1)C(C)C. The van der Waals surface area contributed by atoms with E-state index in [2.05, 4.69) is 5.32 Å². The minimum Gasteiger partial charge on any atom is -0.312 e. The van der Waals surface area contributed by atoms with Crippen molar-refractivity contribution in [2.45, 2.75) is 19.9 Å². The van der Waals surface area contributed by atoms with E-state index in [1.54, 1.807) is 13.1 Å². The van der Waals surface area contributed by atoms with Gasteiger partial charge in [-0.15, -0.1) is 11.3 Å². The highest BCUT2D eigenvalue weighted by atomic mass is 32.1. The molecule has 0 aliphatic carbocycles. The summed E-state index contributed by atoms with van der Waals surface area (Å²) in [6, 6.07) is 3.41. The van der Waals surface area contributed by atoms with Crippen LogP contribution >= 0.6 is 11.3 Å². The molecule has 114 valence electrons. The minimum atomic E-state index is -1.40. The molecule has 1 nitrogen and oxygen atoms in total. The van der Waals surface area contributed by atoms with E-state index in [0.717, 1.165) is 16.2 Å². The van der Waals surface area contributed by atoms with Crippen molar-refractivity contribution in [2.75, 3.05) is 7.05 Å². The van der Waals surface area contributed by atoms with Gasteiger partial charge in [-0.2, -0.15) is 0 Å². The predicted molar refractivity (Wildman–Crippen MR) is 76.2 cm³/mol. The lowest BCUT2D eigenvalue weighted by Crippen LogP contribution is -2.20. The van der Waals surface area contributed by atoms with Crippen molar-refractivity contribution in [3.05, 3.63) is 46.3 Å². The molecule has 0 saturated carbocycles. The summed E-state index contributed by atoms with van der Waals surface area (Å²) in [4.78, 5) is 1.02. The van der Waals surface area contributed by atoms with Crippen molar-refractivity contribution in [2.24, 2.45) is 5.92 Å². The van der Waals surface area contributed by atoms with Crippen LogP contribution in [-0.2, 0) is 0 Å². The molecule has 0 saturated heterocycles. The van der Waals surface area contributed by atoms with Gasteiger partial charge in [0, 0.05) is 21.9 Å². The molecule has 1 aromatic carbocycles. The lowest BCUT2D eigenvalue weighted by molar-refractivity contribution is 0.449. The smallest absolute Gasteiger partial charge is 0.170 e. The fraction of sp³-hybridized carbons (Fsp3) is 0.333. The topological polar surface area (TPSA) is 12.0 Å². The van der Waals surface area contributed by atoms with Gasteiger partial charge in [-0.3, -0.25) is 0 Å². The summed E-state index contributed by atoms with van der Waals surface area (Å²) in [7, 11) is 1.78. The molecule has 1 aromatic heterocycles. The number of benzene rings is 1. The molecule has 0 fully saturated rings. The van der Waals surface area contributed by atoms with E-state index in [1.807, 2.05) is 13.8 Å². The standard InChI is InChI=1S/C15H15F4NS/c1-7(2)15(20-3)11-5-4-10(21-11)12-13(18)8(16)6-9(17)14(12)19/h4-7,15,20H,1-3H3. The summed E-state index contributed by atoms with van der Waals surface area (Å²) >= 11 is 1.12. The second-order valence-corrected chi connectivity index (χ2v) is 6.17. The Morgan fingerprint density at radius 3 is 2.05 bits per heavy atom. The van der Waals surface area contributed by atoms with Crippen LogP contribution in [0.25, 0.3) is 10.4 Å². The number of thiophene rings is 1. The first-order valence-corrected chi connectivity index (χ1v) is 7.28. The summed E-state index contributed by atoms with van der Waals surface area (Å²) < 4.78 is 54.1. The van der Waals surface area contributed by atoms with Gasteiger partial charge >= 0.3 is 0 Å². The summed E-state index contributed by atoms with van der Waals surface area (Å²) in [5.41, 5.74) is -0.651. The number of halogens is 4. The third-order valence-corrected chi connectivity index (χ3v) is 4.46. The van der Waals surface area contributed by atoms with Crippen LogP contribution in [0, 0.1) is 29.2 Å². The largest absolute Gasteiger partial charge is 0.312 e. The average molecular weight is 317 g/mol. The van der Waals surface area contributed by atoms with Crippen molar-refractivity contribution < 1.29 is 17.6 Å². The van der Waals surface area contributed by atoms with Crippen molar-refractivity contribution in [1.29, 1.82) is 0 Å². The van der Waals surface area contributed by atoms with Gasteiger partial charge in [0.1, 0.15) is 0 Å². The fourth-order valence-corrected chi connectivity index (χ4v) is 3.57. The molecule has 1 atom stereocenters. The number of rotatable bonds is 4. The Labute approximate surface area is 124 Å². The summed E-state index contributed by atoms with van der Waals surface area (Å²) in [5, 5.41) is 3.11. The molecular weight excluding hydrogens is 302 g/mol. The molecule has 0 aliphatic rings. The maximum Gasteiger partial charge on any atom is 0.170 e. The molecule has 2 aromatic rings. The first kappa shape index (κ1) is 16.0. The normalized spacial score (nSPS) is 13.0. The van der Waals surface area contributed by atoms with Crippen LogP contribution in [0.5, 0.6) is 0 Å². The quantitative estimate of drug-likeness (QED) is 0.625. The Morgan fingerprint density at radius 1 is 1.00 bits per heavy atom.